The smallest absolute Gasteiger partial charge is 0.166 e. The Bertz CT molecular complexity index is 1780. The van der Waals surface area contributed by atoms with Crippen LogP contribution in [0.3, 0.4) is 0 Å². The number of nitrogens with one attached hydrogen (secondary N) is 1. The zero-order valence-electron chi connectivity index (χ0n) is 24.5. The second-order valence-corrected chi connectivity index (χ2v) is 13.6. The highest BCUT2D eigenvalue weighted by Gasteiger charge is 2.46. The van der Waals surface area contributed by atoms with Crippen LogP contribution in [0.1, 0.15) is 30.9 Å². The summed E-state index contributed by atoms with van der Waals surface area (Å²) in [6.45, 7) is 2.24. The summed E-state index contributed by atoms with van der Waals surface area (Å²) in [6.07, 6.45) is 6.85. The Morgan fingerprint density at radius 3 is 2.66 bits per heavy atom. The first-order valence-electron chi connectivity index (χ1n) is 14.0. The van der Waals surface area contributed by atoms with Crippen LogP contribution in [0.5, 0.6) is 11.5 Å². The Labute approximate surface area is 264 Å². The van der Waals surface area contributed by atoms with Crippen molar-refractivity contribution in [3.05, 3.63) is 94.7 Å². The Morgan fingerprint density at radius 1 is 1.14 bits per heavy atom. The van der Waals surface area contributed by atoms with Gasteiger partial charge in [-0.3, -0.25) is 0 Å². The van der Waals surface area contributed by atoms with Gasteiger partial charge in [0, 0.05) is 35.4 Å². The fraction of sp³-hybridized carbons (Fsp3) is 0.312. The standard InChI is InChI=1S/C32H33BrFN3O6S/c1-4-30(41-13-14-44(3,38)39)32(11-6-12-43-32)25-17-24-27(18-29(25)40-2)35-20-36-31(24)37-23-9-10-28(26(33)16-23)42-19-21-7-5-8-22(34)15-21/h5-10,12,15-18,20,30H,4,11,13-14,19H2,1-3H3,(H,35,36,37). The highest BCUT2D eigenvalue weighted by Crippen LogP contribution is 2.46. The van der Waals surface area contributed by atoms with Crippen molar-refractivity contribution < 1.29 is 31.8 Å². The van der Waals surface area contributed by atoms with Crippen LogP contribution in [0.4, 0.5) is 15.9 Å². The van der Waals surface area contributed by atoms with Crippen molar-refractivity contribution in [1.29, 1.82) is 0 Å². The molecule has 0 spiro atoms. The van der Waals surface area contributed by atoms with Crippen LogP contribution in [0.15, 0.2) is 77.7 Å². The molecule has 0 saturated carbocycles. The number of nitrogens with zero attached hydrogens (tertiary/aromatic N) is 2. The molecule has 12 heteroatoms. The van der Waals surface area contributed by atoms with Gasteiger partial charge in [0.2, 0.25) is 0 Å². The first-order valence-corrected chi connectivity index (χ1v) is 16.9. The summed E-state index contributed by atoms with van der Waals surface area (Å²) in [5.74, 6) is 1.33. The Hall–Kier alpha value is -3.74. The predicted octanol–water partition coefficient (Wildman–Crippen LogP) is 6.83. The largest absolute Gasteiger partial charge is 0.496 e. The monoisotopic (exact) mass is 685 g/mol. The average molecular weight is 687 g/mol. The number of halogens is 2. The van der Waals surface area contributed by atoms with E-state index in [-0.39, 0.29) is 24.8 Å². The van der Waals surface area contributed by atoms with Crippen molar-refractivity contribution in [3.63, 3.8) is 0 Å². The maximum Gasteiger partial charge on any atom is 0.166 e. The third-order valence-electron chi connectivity index (χ3n) is 7.35. The quantitative estimate of drug-likeness (QED) is 0.162. The molecule has 2 atom stereocenters. The van der Waals surface area contributed by atoms with E-state index in [0.717, 1.165) is 22.2 Å². The summed E-state index contributed by atoms with van der Waals surface area (Å²) in [4.78, 5) is 9.00. The summed E-state index contributed by atoms with van der Waals surface area (Å²) in [5, 5.41) is 4.11. The van der Waals surface area contributed by atoms with Gasteiger partial charge in [0.25, 0.3) is 0 Å². The van der Waals surface area contributed by atoms with E-state index in [2.05, 4.69) is 31.2 Å². The van der Waals surface area contributed by atoms with Crippen molar-refractivity contribution >= 4 is 48.2 Å². The predicted molar refractivity (Wildman–Crippen MR) is 171 cm³/mol. The molecule has 0 radical (unpaired) electrons. The van der Waals surface area contributed by atoms with Crippen molar-refractivity contribution in [2.75, 3.05) is 31.0 Å². The number of ether oxygens (including phenoxy) is 4. The van der Waals surface area contributed by atoms with Crippen LogP contribution < -0.4 is 14.8 Å². The van der Waals surface area contributed by atoms with E-state index in [1.807, 2.05) is 43.3 Å². The molecule has 5 rings (SSSR count). The number of rotatable bonds is 13. The molecule has 0 bridgehead atoms. The van der Waals surface area contributed by atoms with Gasteiger partial charge < -0.3 is 24.3 Å². The van der Waals surface area contributed by atoms with Crippen molar-refractivity contribution in [2.45, 2.75) is 38.1 Å². The summed E-state index contributed by atoms with van der Waals surface area (Å²) in [6, 6.07) is 15.6. The number of methoxy groups -OCH3 is 1. The molecule has 2 unspecified atom stereocenters. The topological polar surface area (TPSA) is 109 Å². The zero-order chi connectivity index (χ0) is 31.3. The van der Waals surface area contributed by atoms with Gasteiger partial charge in [-0.2, -0.15) is 0 Å². The second-order valence-electron chi connectivity index (χ2n) is 10.5. The molecule has 0 aliphatic carbocycles. The molecule has 1 N–H and O–H groups in total. The molecule has 0 saturated heterocycles. The van der Waals surface area contributed by atoms with E-state index in [9.17, 15) is 12.8 Å². The third kappa shape index (κ3) is 7.14. The average Bonchev–Trinajstić information content (AvgIpc) is 3.49. The fourth-order valence-corrected chi connectivity index (χ4v) is 6.11. The number of fused-ring (bicyclic) bond motifs is 1. The lowest BCUT2D eigenvalue weighted by atomic mass is 9.83. The first kappa shape index (κ1) is 31.7. The van der Waals surface area contributed by atoms with E-state index in [0.29, 0.717) is 40.1 Å². The van der Waals surface area contributed by atoms with E-state index < -0.39 is 21.5 Å². The molecule has 0 amide bonds. The molecule has 1 aliphatic heterocycles. The van der Waals surface area contributed by atoms with E-state index in [1.165, 1.54) is 24.7 Å². The lowest BCUT2D eigenvalue weighted by Crippen LogP contribution is -2.41. The first-order chi connectivity index (χ1) is 21.1. The van der Waals surface area contributed by atoms with Crippen molar-refractivity contribution in [1.82, 2.24) is 9.97 Å². The van der Waals surface area contributed by atoms with Gasteiger partial charge in [-0.05, 0) is 70.4 Å². The van der Waals surface area contributed by atoms with Crippen LogP contribution >= 0.6 is 15.9 Å². The van der Waals surface area contributed by atoms with Crippen LogP contribution in [-0.2, 0) is 31.5 Å². The van der Waals surface area contributed by atoms with Gasteiger partial charge in [-0.1, -0.05) is 19.1 Å². The second kappa shape index (κ2) is 13.5. The molecule has 2 heterocycles. The van der Waals surface area contributed by atoms with Gasteiger partial charge in [-0.15, -0.1) is 0 Å². The molecular weight excluding hydrogens is 653 g/mol. The van der Waals surface area contributed by atoms with Gasteiger partial charge in [0.05, 0.1) is 35.7 Å². The van der Waals surface area contributed by atoms with Gasteiger partial charge in [0.15, 0.2) is 5.60 Å². The number of anilines is 2. The lowest BCUT2D eigenvalue weighted by molar-refractivity contribution is -0.108. The normalized spacial score (nSPS) is 16.9. The highest BCUT2D eigenvalue weighted by atomic mass is 79.9. The molecule has 1 aliphatic rings. The molecule has 44 heavy (non-hydrogen) atoms. The minimum absolute atomic E-state index is 0.0467. The molecule has 1 aromatic heterocycles. The molecule has 3 aromatic carbocycles. The summed E-state index contributed by atoms with van der Waals surface area (Å²) in [7, 11) is -1.61. The summed E-state index contributed by atoms with van der Waals surface area (Å²) >= 11 is 3.57. The van der Waals surface area contributed by atoms with Gasteiger partial charge in [-0.25, -0.2) is 22.8 Å². The SMILES string of the molecule is CCC(OCCS(C)(=O)=O)C1(c2cc3c(Nc4ccc(OCc5cccc(F)c5)c(Br)c4)ncnc3cc2OC)CC=CO1. The van der Waals surface area contributed by atoms with E-state index >= 15 is 0 Å². The Balaban J connectivity index is 1.44. The maximum atomic E-state index is 13.5. The Morgan fingerprint density at radius 2 is 1.98 bits per heavy atom. The highest BCUT2D eigenvalue weighted by molar-refractivity contribution is 9.10. The third-order valence-corrected chi connectivity index (χ3v) is 8.88. The van der Waals surface area contributed by atoms with Gasteiger partial charge >= 0.3 is 0 Å². The lowest BCUT2D eigenvalue weighted by Gasteiger charge is -2.37. The zero-order valence-corrected chi connectivity index (χ0v) is 27.0. The van der Waals surface area contributed by atoms with Crippen molar-refractivity contribution in [3.8, 4) is 11.5 Å². The minimum Gasteiger partial charge on any atom is -0.496 e. The van der Waals surface area contributed by atoms with Crippen LogP contribution in [0, 0.1) is 5.82 Å². The van der Waals surface area contributed by atoms with Crippen LogP contribution in [-0.4, -0.2) is 50.2 Å². The van der Waals surface area contributed by atoms with Crippen LogP contribution in [0.25, 0.3) is 10.9 Å². The number of sulfone groups is 1. The fourth-order valence-electron chi connectivity index (χ4n) is 5.22. The van der Waals surface area contributed by atoms with Gasteiger partial charge in [0.1, 0.15) is 52.0 Å². The number of hydrogen-bond acceptors (Lipinski definition) is 9. The summed E-state index contributed by atoms with van der Waals surface area (Å²) in [5.41, 5.74) is 1.93. The maximum absolute atomic E-state index is 13.5. The molecule has 4 aromatic rings. The molecular formula is C32H33BrFN3O6S. The molecule has 232 valence electrons. The molecule has 0 fully saturated rings. The van der Waals surface area contributed by atoms with Crippen LogP contribution in [0.2, 0.25) is 0 Å². The number of benzene rings is 3. The van der Waals surface area contributed by atoms with E-state index in [4.69, 9.17) is 18.9 Å². The minimum atomic E-state index is -3.19. The van der Waals surface area contributed by atoms with E-state index in [1.54, 1.807) is 25.5 Å². The van der Waals surface area contributed by atoms with Crippen molar-refractivity contribution in [2.24, 2.45) is 0 Å². The number of aromatic nitrogens is 2. The Kier molecular flexibility index (Phi) is 9.72. The molecule has 9 nitrogen and oxygen atoms in total. The summed E-state index contributed by atoms with van der Waals surface area (Å²) < 4.78 is 61.9. The number of hydrogen-bond donors (Lipinski definition) is 1.